The molecule has 2 aromatic heterocycles. The number of hydrogen-bond acceptors (Lipinski definition) is 5. The molecule has 0 aliphatic carbocycles. The molecule has 1 atom stereocenters. The Morgan fingerprint density at radius 3 is 2.58 bits per heavy atom. The van der Waals surface area contributed by atoms with Crippen molar-refractivity contribution in [3.63, 3.8) is 0 Å². The number of methoxy groups -OCH3 is 1. The van der Waals surface area contributed by atoms with Crippen molar-refractivity contribution in [3.8, 4) is 0 Å². The van der Waals surface area contributed by atoms with Crippen LogP contribution in [0, 0.1) is 11.3 Å². The predicted octanol–water partition coefficient (Wildman–Crippen LogP) is 3.50. The van der Waals surface area contributed by atoms with E-state index in [9.17, 15) is 0 Å². The van der Waals surface area contributed by atoms with E-state index in [4.69, 9.17) is 4.74 Å². The van der Waals surface area contributed by atoms with Gasteiger partial charge in [-0.2, -0.15) is 11.3 Å². The Labute approximate surface area is 160 Å². The van der Waals surface area contributed by atoms with E-state index in [-0.39, 0.29) is 0 Å². The Bertz CT molecular complexity index is 668. The quantitative estimate of drug-likeness (QED) is 0.777. The first-order chi connectivity index (χ1) is 12.8. The lowest BCUT2D eigenvalue weighted by Gasteiger charge is -2.42. The molecule has 0 saturated carbocycles. The molecule has 0 radical (unpaired) electrons. The van der Waals surface area contributed by atoms with Crippen molar-refractivity contribution in [2.45, 2.75) is 25.9 Å². The highest BCUT2D eigenvalue weighted by Crippen LogP contribution is 2.45. The van der Waals surface area contributed by atoms with E-state index < -0.39 is 0 Å². The first-order valence-electron chi connectivity index (χ1n) is 9.61. The molecule has 4 nitrogen and oxygen atoms in total. The molecule has 0 aromatic carbocycles. The monoisotopic (exact) mass is 371 g/mol. The Morgan fingerprint density at radius 1 is 1.12 bits per heavy atom. The molecule has 5 heteroatoms. The molecule has 4 rings (SSSR count). The van der Waals surface area contributed by atoms with Crippen LogP contribution < -0.4 is 0 Å². The fourth-order valence-electron chi connectivity index (χ4n) is 4.81. The van der Waals surface area contributed by atoms with Crippen molar-refractivity contribution >= 4 is 11.3 Å². The number of rotatable bonds is 6. The summed E-state index contributed by atoms with van der Waals surface area (Å²) in [5.74, 6) is 0.661. The Kier molecular flexibility index (Phi) is 5.69. The smallest absolute Gasteiger partial charge is 0.0508 e. The van der Waals surface area contributed by atoms with E-state index in [0.29, 0.717) is 11.3 Å². The summed E-state index contributed by atoms with van der Waals surface area (Å²) in [6.45, 7) is 7.81. The van der Waals surface area contributed by atoms with E-state index in [1.807, 2.05) is 19.5 Å². The normalized spacial score (nSPS) is 23.7. The van der Waals surface area contributed by atoms with Crippen molar-refractivity contribution in [2.75, 3.05) is 39.9 Å². The lowest BCUT2D eigenvalue weighted by Crippen LogP contribution is -2.44. The van der Waals surface area contributed by atoms with Crippen molar-refractivity contribution < 1.29 is 4.74 Å². The molecule has 0 unspecified atom stereocenters. The van der Waals surface area contributed by atoms with E-state index in [1.54, 1.807) is 11.3 Å². The van der Waals surface area contributed by atoms with Crippen LogP contribution in [0.5, 0.6) is 0 Å². The third-order valence-electron chi connectivity index (χ3n) is 6.24. The van der Waals surface area contributed by atoms with Crippen molar-refractivity contribution in [1.29, 1.82) is 0 Å². The Balaban J connectivity index is 1.38. The minimum Gasteiger partial charge on any atom is -0.384 e. The minimum absolute atomic E-state index is 0.431. The van der Waals surface area contributed by atoms with Crippen LogP contribution in [-0.4, -0.2) is 54.7 Å². The number of piperidine rings is 1. The molecule has 2 aliphatic heterocycles. The molecule has 0 amide bonds. The van der Waals surface area contributed by atoms with Gasteiger partial charge in [-0.25, -0.2) is 0 Å². The zero-order chi connectivity index (χ0) is 17.8. The summed E-state index contributed by atoms with van der Waals surface area (Å²) in [5.41, 5.74) is 3.26. The molecular weight excluding hydrogens is 342 g/mol. The summed E-state index contributed by atoms with van der Waals surface area (Å²) in [6, 6.07) is 6.53. The lowest BCUT2D eigenvalue weighted by atomic mass is 9.71. The molecule has 1 spiro atoms. The van der Waals surface area contributed by atoms with Gasteiger partial charge in [-0.1, -0.05) is 0 Å². The number of nitrogens with zero attached hydrogens (tertiary/aromatic N) is 3. The second kappa shape index (κ2) is 8.17. The highest BCUT2D eigenvalue weighted by Gasteiger charge is 2.47. The maximum atomic E-state index is 5.61. The van der Waals surface area contributed by atoms with Gasteiger partial charge in [-0.3, -0.25) is 14.8 Å². The summed E-state index contributed by atoms with van der Waals surface area (Å²) in [5, 5.41) is 4.47. The summed E-state index contributed by atoms with van der Waals surface area (Å²) in [6.07, 6.45) is 6.36. The zero-order valence-electron chi connectivity index (χ0n) is 15.6. The number of thiophene rings is 1. The van der Waals surface area contributed by atoms with Crippen LogP contribution in [0.1, 0.15) is 24.0 Å². The molecule has 0 bridgehead atoms. The van der Waals surface area contributed by atoms with Gasteiger partial charge in [0.05, 0.1) is 6.61 Å². The molecular formula is C21H29N3OS. The number of hydrogen-bond donors (Lipinski definition) is 0. The van der Waals surface area contributed by atoms with Gasteiger partial charge in [0.2, 0.25) is 0 Å². The Hall–Kier alpha value is -1.27. The predicted molar refractivity (Wildman–Crippen MR) is 106 cm³/mol. The highest BCUT2D eigenvalue weighted by molar-refractivity contribution is 7.07. The first kappa shape index (κ1) is 18.1. The van der Waals surface area contributed by atoms with Gasteiger partial charge in [-0.15, -0.1) is 0 Å². The van der Waals surface area contributed by atoms with Gasteiger partial charge in [-0.05, 0) is 71.4 Å². The standard InChI is InChI=1S/C21H29N3OS/c1-25-15-20-14-24(13-19-4-11-26-16-19)17-21(20)5-9-23(10-6-21)12-18-2-7-22-8-3-18/h2-4,7-8,11,16,20H,5-6,9-10,12-15,17H2,1H3/t20-/m0/s1. The molecule has 140 valence electrons. The van der Waals surface area contributed by atoms with Gasteiger partial charge in [0, 0.05) is 51.6 Å². The van der Waals surface area contributed by atoms with Gasteiger partial charge in [0.1, 0.15) is 0 Å². The molecule has 0 N–H and O–H groups in total. The fourth-order valence-corrected chi connectivity index (χ4v) is 5.47. The van der Waals surface area contributed by atoms with Gasteiger partial charge < -0.3 is 4.74 Å². The SMILES string of the molecule is COC[C@@H]1CN(Cc2ccsc2)CC12CCN(Cc1ccncc1)CC2. The summed E-state index contributed by atoms with van der Waals surface area (Å²) in [4.78, 5) is 9.39. The van der Waals surface area contributed by atoms with E-state index in [0.717, 1.165) is 19.7 Å². The van der Waals surface area contributed by atoms with Gasteiger partial charge in [0.15, 0.2) is 0 Å². The van der Waals surface area contributed by atoms with Crippen LogP contribution in [0.2, 0.25) is 0 Å². The summed E-state index contributed by atoms with van der Waals surface area (Å²) < 4.78 is 5.61. The van der Waals surface area contributed by atoms with Crippen molar-refractivity contribution in [3.05, 3.63) is 52.5 Å². The van der Waals surface area contributed by atoms with Crippen LogP contribution in [0.25, 0.3) is 0 Å². The van der Waals surface area contributed by atoms with Crippen LogP contribution >= 0.6 is 11.3 Å². The number of pyridine rings is 1. The number of ether oxygens (including phenoxy) is 1. The molecule has 26 heavy (non-hydrogen) atoms. The third-order valence-corrected chi connectivity index (χ3v) is 6.98. The molecule has 2 aromatic rings. The Morgan fingerprint density at radius 2 is 1.88 bits per heavy atom. The zero-order valence-corrected chi connectivity index (χ0v) is 16.5. The third kappa shape index (κ3) is 4.01. The van der Waals surface area contributed by atoms with E-state index in [2.05, 4.69) is 43.7 Å². The second-order valence-corrected chi connectivity index (χ2v) is 8.73. The molecule has 2 saturated heterocycles. The number of likely N-dealkylation sites (tertiary alicyclic amines) is 2. The largest absolute Gasteiger partial charge is 0.384 e. The van der Waals surface area contributed by atoms with Crippen molar-refractivity contribution in [2.24, 2.45) is 11.3 Å². The topological polar surface area (TPSA) is 28.6 Å². The summed E-state index contributed by atoms with van der Waals surface area (Å²) in [7, 11) is 1.85. The van der Waals surface area contributed by atoms with Crippen LogP contribution in [-0.2, 0) is 17.8 Å². The van der Waals surface area contributed by atoms with Gasteiger partial charge >= 0.3 is 0 Å². The molecule has 4 heterocycles. The number of aromatic nitrogens is 1. The minimum atomic E-state index is 0.431. The van der Waals surface area contributed by atoms with Crippen LogP contribution in [0.15, 0.2) is 41.4 Å². The molecule has 2 aliphatic rings. The first-order valence-corrected chi connectivity index (χ1v) is 10.6. The van der Waals surface area contributed by atoms with E-state index in [1.165, 1.54) is 50.1 Å². The molecule has 2 fully saturated rings. The van der Waals surface area contributed by atoms with Crippen LogP contribution in [0.4, 0.5) is 0 Å². The van der Waals surface area contributed by atoms with Gasteiger partial charge in [0.25, 0.3) is 0 Å². The lowest BCUT2D eigenvalue weighted by molar-refractivity contribution is 0.0350. The van der Waals surface area contributed by atoms with Crippen LogP contribution in [0.3, 0.4) is 0 Å². The average molecular weight is 372 g/mol. The van der Waals surface area contributed by atoms with E-state index >= 15 is 0 Å². The maximum Gasteiger partial charge on any atom is 0.0508 e. The highest BCUT2D eigenvalue weighted by atomic mass is 32.1. The fraction of sp³-hybridized carbons (Fsp3) is 0.571. The maximum absolute atomic E-state index is 5.61. The average Bonchev–Trinajstić information content (AvgIpc) is 3.28. The van der Waals surface area contributed by atoms with Crippen molar-refractivity contribution in [1.82, 2.24) is 14.8 Å². The summed E-state index contributed by atoms with van der Waals surface area (Å²) >= 11 is 1.80. The second-order valence-electron chi connectivity index (χ2n) is 7.95.